The maximum atomic E-state index is 10.7. The van der Waals surface area contributed by atoms with Gasteiger partial charge in [0, 0.05) is 12.5 Å². The van der Waals surface area contributed by atoms with E-state index in [1.54, 1.807) is 6.92 Å². The number of hydrogen-bond acceptors (Lipinski definition) is 6. The number of hydrogen-bond donors (Lipinski definition) is 1. The van der Waals surface area contributed by atoms with E-state index in [-0.39, 0.29) is 5.69 Å². The summed E-state index contributed by atoms with van der Waals surface area (Å²) in [7, 11) is 1.42. The lowest BCUT2D eigenvalue weighted by atomic mass is 10.0. The van der Waals surface area contributed by atoms with Gasteiger partial charge in [-0.2, -0.15) is 5.26 Å². The molecule has 0 radical (unpaired) electrons. The summed E-state index contributed by atoms with van der Waals surface area (Å²) in [5, 5.41) is 22.9. The third kappa shape index (κ3) is 4.61. The molecule has 1 atom stereocenters. The average molecular weight is 293 g/mol. The van der Waals surface area contributed by atoms with E-state index in [1.807, 2.05) is 6.92 Å². The average Bonchev–Trinajstić information content (AvgIpc) is 2.47. The van der Waals surface area contributed by atoms with E-state index >= 15 is 0 Å². The summed E-state index contributed by atoms with van der Waals surface area (Å²) in [6.45, 7) is 4.71. The van der Waals surface area contributed by atoms with Crippen LogP contribution in [0.3, 0.4) is 0 Å². The van der Waals surface area contributed by atoms with E-state index in [1.165, 1.54) is 25.3 Å². The van der Waals surface area contributed by atoms with E-state index in [0.717, 1.165) is 0 Å². The molecule has 21 heavy (non-hydrogen) atoms. The number of nitrogens with zero attached hydrogens (tertiary/aromatic N) is 2. The van der Waals surface area contributed by atoms with E-state index in [4.69, 9.17) is 14.7 Å². The maximum absolute atomic E-state index is 10.7. The van der Waals surface area contributed by atoms with Gasteiger partial charge in [0.2, 0.25) is 0 Å². The smallest absolute Gasteiger partial charge is 0.273 e. The number of nitriles is 1. The van der Waals surface area contributed by atoms with E-state index in [9.17, 15) is 10.1 Å². The summed E-state index contributed by atoms with van der Waals surface area (Å²) in [6, 6.07) is 6.36. The van der Waals surface area contributed by atoms with Crippen LogP contribution in [-0.4, -0.2) is 30.7 Å². The molecule has 1 N–H and O–H groups in total. The largest absolute Gasteiger partial charge is 0.493 e. The van der Waals surface area contributed by atoms with Crippen LogP contribution in [0.4, 0.5) is 5.69 Å². The van der Waals surface area contributed by atoms with Gasteiger partial charge in [-0.1, -0.05) is 6.92 Å². The molecule has 0 fully saturated rings. The number of methoxy groups -OCH3 is 1. The normalized spacial score (nSPS) is 13.0. The lowest BCUT2D eigenvalue weighted by Gasteiger charge is -2.22. The van der Waals surface area contributed by atoms with Gasteiger partial charge in [-0.05, 0) is 19.5 Å². The van der Waals surface area contributed by atoms with Gasteiger partial charge in [-0.15, -0.1) is 0 Å². The molecule has 0 bridgehead atoms. The standard InChI is InChI=1S/C14H19N3O4/c1-4-16-14(2,10-15)7-8-21-12-6-5-11(17(18)19)9-13(12)20-3/h5-6,9,16H,4,7-8H2,1-3H3. The molecule has 0 aromatic heterocycles. The molecule has 7 nitrogen and oxygen atoms in total. The summed E-state index contributed by atoms with van der Waals surface area (Å²) in [5.41, 5.74) is -0.725. The molecule has 0 amide bonds. The van der Waals surface area contributed by atoms with Gasteiger partial charge < -0.3 is 9.47 Å². The number of rotatable bonds is 8. The predicted octanol–water partition coefficient (Wildman–Crippen LogP) is 2.26. The molecule has 0 aliphatic rings. The molecule has 0 aliphatic carbocycles. The SMILES string of the molecule is CCNC(C)(C#N)CCOc1ccc([N+](=O)[O-])cc1OC. The Bertz CT molecular complexity index is 542. The second kappa shape index (κ2) is 7.45. The molecule has 1 aromatic rings. The number of benzene rings is 1. The van der Waals surface area contributed by atoms with Crippen LogP contribution in [0.15, 0.2) is 18.2 Å². The summed E-state index contributed by atoms with van der Waals surface area (Å²) in [4.78, 5) is 10.2. The van der Waals surface area contributed by atoms with Gasteiger partial charge in [0.1, 0.15) is 5.54 Å². The maximum Gasteiger partial charge on any atom is 0.273 e. The van der Waals surface area contributed by atoms with Gasteiger partial charge in [-0.25, -0.2) is 0 Å². The van der Waals surface area contributed by atoms with Crippen LogP contribution in [0.1, 0.15) is 20.3 Å². The Morgan fingerprint density at radius 1 is 1.48 bits per heavy atom. The van der Waals surface area contributed by atoms with Crippen molar-refractivity contribution in [3.8, 4) is 17.6 Å². The van der Waals surface area contributed by atoms with Crippen LogP contribution in [0, 0.1) is 21.4 Å². The van der Waals surface area contributed by atoms with Gasteiger partial charge in [-0.3, -0.25) is 15.4 Å². The first-order valence-corrected chi connectivity index (χ1v) is 6.57. The zero-order valence-corrected chi connectivity index (χ0v) is 12.4. The van der Waals surface area contributed by atoms with Crippen LogP contribution >= 0.6 is 0 Å². The predicted molar refractivity (Wildman–Crippen MR) is 77.5 cm³/mol. The second-order valence-corrected chi connectivity index (χ2v) is 4.66. The fourth-order valence-electron chi connectivity index (χ4n) is 1.83. The fraction of sp³-hybridized carbons (Fsp3) is 0.500. The van der Waals surface area contributed by atoms with Crippen molar-refractivity contribution in [1.29, 1.82) is 5.26 Å². The van der Waals surface area contributed by atoms with Crippen molar-refractivity contribution in [3.63, 3.8) is 0 Å². The molecule has 0 saturated carbocycles. The van der Waals surface area contributed by atoms with Gasteiger partial charge in [0.25, 0.3) is 5.69 Å². The van der Waals surface area contributed by atoms with E-state index in [2.05, 4.69) is 11.4 Å². The lowest BCUT2D eigenvalue weighted by molar-refractivity contribution is -0.385. The minimum atomic E-state index is -0.664. The van der Waals surface area contributed by atoms with E-state index in [0.29, 0.717) is 31.1 Å². The Balaban J connectivity index is 2.72. The van der Waals surface area contributed by atoms with Crippen molar-refractivity contribution in [2.24, 2.45) is 0 Å². The number of nitro benzene ring substituents is 1. The third-order valence-corrected chi connectivity index (χ3v) is 3.03. The van der Waals surface area contributed by atoms with Crippen LogP contribution in [0.5, 0.6) is 11.5 Å². The summed E-state index contributed by atoms with van der Waals surface area (Å²) in [6.07, 6.45) is 0.484. The van der Waals surface area contributed by atoms with Gasteiger partial charge >= 0.3 is 0 Å². The van der Waals surface area contributed by atoms with Crippen LogP contribution in [0.25, 0.3) is 0 Å². The monoisotopic (exact) mass is 293 g/mol. The Kier molecular flexibility index (Phi) is 5.93. The van der Waals surface area contributed by atoms with Crippen molar-refractivity contribution in [2.75, 3.05) is 20.3 Å². The molecule has 1 rings (SSSR count). The fourth-order valence-corrected chi connectivity index (χ4v) is 1.83. The van der Waals surface area contributed by atoms with Crippen molar-refractivity contribution < 1.29 is 14.4 Å². The number of non-ortho nitro benzene ring substituents is 1. The van der Waals surface area contributed by atoms with Crippen LogP contribution < -0.4 is 14.8 Å². The summed E-state index contributed by atoms with van der Waals surface area (Å²) in [5.74, 6) is 0.714. The lowest BCUT2D eigenvalue weighted by Crippen LogP contribution is -2.42. The molecule has 0 spiro atoms. The van der Waals surface area contributed by atoms with Crippen molar-refractivity contribution in [3.05, 3.63) is 28.3 Å². The first-order valence-electron chi connectivity index (χ1n) is 6.57. The molecular formula is C14H19N3O4. The number of ether oxygens (including phenoxy) is 2. The first-order chi connectivity index (χ1) is 9.95. The Hall–Kier alpha value is -2.33. The summed E-state index contributed by atoms with van der Waals surface area (Å²) < 4.78 is 10.7. The molecule has 0 aliphatic heterocycles. The number of nitro groups is 1. The Labute approximate surface area is 123 Å². The minimum Gasteiger partial charge on any atom is -0.493 e. The highest BCUT2D eigenvalue weighted by atomic mass is 16.6. The van der Waals surface area contributed by atoms with Crippen LogP contribution in [0.2, 0.25) is 0 Å². The highest BCUT2D eigenvalue weighted by Gasteiger charge is 2.22. The highest BCUT2D eigenvalue weighted by molar-refractivity contribution is 5.48. The zero-order chi connectivity index (χ0) is 15.9. The summed E-state index contributed by atoms with van der Waals surface area (Å²) >= 11 is 0. The quantitative estimate of drug-likeness (QED) is 0.583. The van der Waals surface area contributed by atoms with Gasteiger partial charge in [0.05, 0.1) is 30.8 Å². The minimum absolute atomic E-state index is 0.0614. The van der Waals surface area contributed by atoms with Crippen LogP contribution in [-0.2, 0) is 0 Å². The molecule has 7 heteroatoms. The molecule has 0 saturated heterocycles. The molecule has 1 unspecified atom stereocenters. The Morgan fingerprint density at radius 2 is 2.19 bits per heavy atom. The van der Waals surface area contributed by atoms with Gasteiger partial charge in [0.15, 0.2) is 11.5 Å². The molecule has 0 heterocycles. The second-order valence-electron chi connectivity index (χ2n) is 4.66. The van der Waals surface area contributed by atoms with Crippen molar-refractivity contribution in [1.82, 2.24) is 5.32 Å². The number of nitrogens with one attached hydrogen (secondary N) is 1. The molecular weight excluding hydrogens is 274 g/mol. The van der Waals surface area contributed by atoms with E-state index < -0.39 is 10.5 Å². The van der Waals surface area contributed by atoms with Crippen molar-refractivity contribution in [2.45, 2.75) is 25.8 Å². The Morgan fingerprint density at radius 3 is 2.71 bits per heavy atom. The highest BCUT2D eigenvalue weighted by Crippen LogP contribution is 2.31. The third-order valence-electron chi connectivity index (χ3n) is 3.03. The van der Waals surface area contributed by atoms with Crippen molar-refractivity contribution >= 4 is 5.69 Å². The zero-order valence-electron chi connectivity index (χ0n) is 12.4. The first kappa shape index (κ1) is 16.7. The molecule has 1 aromatic carbocycles. The molecule has 114 valence electrons. The topological polar surface area (TPSA) is 97.4 Å².